The molecule has 5 rings (SSSR count). The second-order valence-corrected chi connectivity index (χ2v) is 7.92. The molecule has 3 fully saturated rings. The second kappa shape index (κ2) is 9.03. The molecule has 0 amide bonds. The van der Waals surface area contributed by atoms with Crippen LogP contribution in [0.2, 0.25) is 0 Å². The van der Waals surface area contributed by atoms with Gasteiger partial charge >= 0.3 is 0 Å². The van der Waals surface area contributed by atoms with E-state index in [0.717, 1.165) is 50.2 Å². The van der Waals surface area contributed by atoms with E-state index in [2.05, 4.69) is 32.1 Å². The summed E-state index contributed by atoms with van der Waals surface area (Å²) in [5.74, 6) is 3.07. The van der Waals surface area contributed by atoms with Crippen molar-refractivity contribution < 1.29 is 14.0 Å². The molecule has 0 radical (unpaired) electrons. The molecule has 0 N–H and O–H groups in total. The molecule has 0 saturated carbocycles. The van der Waals surface area contributed by atoms with Gasteiger partial charge in [-0.2, -0.15) is 4.98 Å². The first-order valence-electron chi connectivity index (χ1n) is 10.1. The summed E-state index contributed by atoms with van der Waals surface area (Å²) in [6, 6.07) is 8.98. The van der Waals surface area contributed by atoms with Crippen LogP contribution in [0.3, 0.4) is 0 Å². The largest absolute Gasteiger partial charge is 0.497 e. The lowest BCUT2D eigenvalue weighted by Crippen LogP contribution is -2.43. The minimum Gasteiger partial charge on any atom is -0.497 e. The van der Waals surface area contributed by atoms with Gasteiger partial charge in [0.25, 0.3) is 0 Å². The van der Waals surface area contributed by atoms with Gasteiger partial charge in [-0.1, -0.05) is 17.3 Å². The third-order valence-corrected chi connectivity index (χ3v) is 5.85. The van der Waals surface area contributed by atoms with E-state index in [1.54, 1.807) is 14.2 Å². The average molecular weight is 386 g/mol. The molecule has 3 saturated heterocycles. The third-order valence-electron chi connectivity index (χ3n) is 5.85. The SMILES string of the molecule is COCCc1noc(CN2C[C@@H]3CC[C@H]2CN(Cc2ccc(OC)cc2)C3)n1. The van der Waals surface area contributed by atoms with Gasteiger partial charge in [-0.05, 0) is 36.5 Å². The first-order chi connectivity index (χ1) is 13.7. The number of aromatic nitrogens is 2. The quantitative estimate of drug-likeness (QED) is 0.690. The molecule has 7 heteroatoms. The van der Waals surface area contributed by atoms with Crippen LogP contribution in [-0.2, 0) is 24.2 Å². The lowest BCUT2D eigenvalue weighted by molar-refractivity contribution is 0.109. The Morgan fingerprint density at radius 1 is 1.07 bits per heavy atom. The molecule has 7 nitrogen and oxygen atoms in total. The molecule has 1 aromatic carbocycles. The average Bonchev–Trinajstić information content (AvgIpc) is 2.98. The number of benzene rings is 1. The van der Waals surface area contributed by atoms with Gasteiger partial charge in [0.15, 0.2) is 5.82 Å². The summed E-state index contributed by atoms with van der Waals surface area (Å²) >= 11 is 0. The summed E-state index contributed by atoms with van der Waals surface area (Å²) < 4.78 is 15.8. The van der Waals surface area contributed by atoms with Crippen molar-refractivity contribution in [2.45, 2.75) is 38.4 Å². The van der Waals surface area contributed by atoms with E-state index in [0.29, 0.717) is 25.0 Å². The van der Waals surface area contributed by atoms with Gasteiger partial charge in [0, 0.05) is 45.8 Å². The highest BCUT2D eigenvalue weighted by atomic mass is 16.5. The molecule has 0 spiro atoms. The van der Waals surface area contributed by atoms with E-state index >= 15 is 0 Å². The van der Waals surface area contributed by atoms with Crippen molar-refractivity contribution in [2.24, 2.45) is 5.92 Å². The van der Waals surface area contributed by atoms with Gasteiger partial charge in [0.1, 0.15) is 5.75 Å². The van der Waals surface area contributed by atoms with E-state index in [9.17, 15) is 0 Å². The van der Waals surface area contributed by atoms with E-state index < -0.39 is 0 Å². The fourth-order valence-electron chi connectivity index (χ4n) is 4.41. The van der Waals surface area contributed by atoms with Crippen molar-refractivity contribution >= 4 is 0 Å². The molecular formula is C21H30N4O3. The highest BCUT2D eigenvalue weighted by Gasteiger charge is 2.35. The van der Waals surface area contributed by atoms with Gasteiger partial charge in [0.2, 0.25) is 5.89 Å². The predicted octanol–water partition coefficient (Wildman–Crippen LogP) is 2.36. The summed E-state index contributed by atoms with van der Waals surface area (Å²) in [4.78, 5) is 9.67. The van der Waals surface area contributed by atoms with Crippen LogP contribution in [0.4, 0.5) is 0 Å². The fourth-order valence-corrected chi connectivity index (χ4v) is 4.41. The maximum atomic E-state index is 5.47. The zero-order chi connectivity index (χ0) is 19.3. The predicted molar refractivity (Wildman–Crippen MR) is 105 cm³/mol. The summed E-state index contributed by atoms with van der Waals surface area (Å²) in [5, 5.41) is 4.08. The van der Waals surface area contributed by atoms with Crippen LogP contribution in [0.15, 0.2) is 28.8 Å². The molecule has 1 aromatic heterocycles. The van der Waals surface area contributed by atoms with E-state index in [1.807, 2.05) is 12.1 Å². The van der Waals surface area contributed by atoms with E-state index in [1.165, 1.54) is 18.4 Å². The van der Waals surface area contributed by atoms with Gasteiger partial charge in [-0.3, -0.25) is 9.80 Å². The fraction of sp³-hybridized carbons (Fsp3) is 0.619. The Bertz CT molecular complexity index is 748. The van der Waals surface area contributed by atoms with E-state index in [-0.39, 0.29) is 0 Å². The third kappa shape index (κ3) is 4.71. The van der Waals surface area contributed by atoms with Crippen LogP contribution >= 0.6 is 0 Å². The van der Waals surface area contributed by atoms with Crippen molar-refractivity contribution in [1.29, 1.82) is 0 Å². The van der Waals surface area contributed by atoms with Crippen LogP contribution in [0.25, 0.3) is 0 Å². The van der Waals surface area contributed by atoms with Crippen LogP contribution in [0.5, 0.6) is 5.75 Å². The lowest BCUT2D eigenvalue weighted by atomic mass is 9.95. The Hall–Kier alpha value is -1.96. The number of hydrogen-bond donors (Lipinski definition) is 0. The Morgan fingerprint density at radius 2 is 1.93 bits per heavy atom. The topological polar surface area (TPSA) is 63.9 Å². The number of fused-ring (bicyclic) bond motifs is 4. The molecule has 28 heavy (non-hydrogen) atoms. The molecule has 0 aliphatic carbocycles. The highest BCUT2D eigenvalue weighted by Crippen LogP contribution is 2.30. The Morgan fingerprint density at radius 3 is 2.71 bits per heavy atom. The molecule has 0 unspecified atom stereocenters. The molecule has 2 aromatic rings. The minimum atomic E-state index is 0.548. The summed E-state index contributed by atoms with van der Waals surface area (Å²) in [7, 11) is 3.40. The van der Waals surface area contributed by atoms with Crippen LogP contribution in [0.1, 0.15) is 30.1 Å². The summed E-state index contributed by atoms with van der Waals surface area (Å²) in [6.07, 6.45) is 3.25. The number of hydrogen-bond acceptors (Lipinski definition) is 7. The second-order valence-electron chi connectivity index (χ2n) is 7.92. The maximum Gasteiger partial charge on any atom is 0.240 e. The Kier molecular flexibility index (Phi) is 6.24. The van der Waals surface area contributed by atoms with Crippen molar-refractivity contribution in [3.63, 3.8) is 0 Å². The standard InChI is InChI=1S/C21H30N4O3/c1-26-10-9-20-22-21(28-23-20)15-25-13-17-3-6-18(25)14-24(12-17)11-16-4-7-19(27-2)8-5-16/h4-5,7-8,17-18H,3,6,9-15H2,1-2H3/t17-,18+/m1/s1. The molecule has 3 aliphatic heterocycles. The zero-order valence-electron chi connectivity index (χ0n) is 16.8. The minimum absolute atomic E-state index is 0.548. The number of rotatable bonds is 8. The van der Waals surface area contributed by atoms with Crippen LogP contribution in [-0.4, -0.2) is 66.4 Å². The lowest BCUT2D eigenvalue weighted by Gasteiger charge is -2.35. The van der Waals surface area contributed by atoms with Gasteiger partial charge in [-0.15, -0.1) is 0 Å². The van der Waals surface area contributed by atoms with Gasteiger partial charge < -0.3 is 14.0 Å². The normalized spacial score (nSPS) is 23.1. The molecule has 3 aliphatic rings. The molecular weight excluding hydrogens is 356 g/mol. The smallest absolute Gasteiger partial charge is 0.240 e. The Labute approximate surface area is 166 Å². The van der Waals surface area contributed by atoms with E-state index in [4.69, 9.17) is 14.0 Å². The molecule has 4 heterocycles. The number of ether oxygens (including phenoxy) is 2. The highest BCUT2D eigenvalue weighted by molar-refractivity contribution is 5.27. The maximum absolute atomic E-state index is 5.47. The number of piperidine rings is 1. The summed E-state index contributed by atoms with van der Waals surface area (Å²) in [5.41, 5.74) is 1.34. The molecule has 152 valence electrons. The van der Waals surface area contributed by atoms with Crippen LogP contribution in [0, 0.1) is 5.92 Å². The van der Waals surface area contributed by atoms with Gasteiger partial charge in [-0.25, -0.2) is 0 Å². The summed E-state index contributed by atoms with van der Waals surface area (Å²) in [6.45, 7) is 5.71. The van der Waals surface area contributed by atoms with Crippen molar-refractivity contribution in [3.8, 4) is 5.75 Å². The Balaban J connectivity index is 1.36. The number of methoxy groups -OCH3 is 2. The molecule has 2 bridgehead atoms. The first kappa shape index (κ1) is 19.4. The monoisotopic (exact) mass is 386 g/mol. The first-order valence-corrected chi connectivity index (χ1v) is 10.1. The van der Waals surface area contributed by atoms with Crippen molar-refractivity contribution in [1.82, 2.24) is 19.9 Å². The number of nitrogens with zero attached hydrogens (tertiary/aromatic N) is 4. The van der Waals surface area contributed by atoms with Crippen LogP contribution < -0.4 is 4.74 Å². The van der Waals surface area contributed by atoms with Crippen molar-refractivity contribution in [3.05, 3.63) is 41.5 Å². The molecule has 2 atom stereocenters. The van der Waals surface area contributed by atoms with Gasteiger partial charge in [0.05, 0.1) is 20.3 Å². The zero-order valence-corrected chi connectivity index (χ0v) is 16.8. The van der Waals surface area contributed by atoms with Crippen molar-refractivity contribution in [2.75, 3.05) is 40.5 Å².